The van der Waals surface area contributed by atoms with Gasteiger partial charge in [0.05, 0.1) is 11.6 Å². The Kier molecular flexibility index (Phi) is 6.49. The van der Waals surface area contributed by atoms with Gasteiger partial charge in [-0.15, -0.1) is 10.2 Å². The van der Waals surface area contributed by atoms with E-state index in [1.165, 1.54) is 17.4 Å². The molecule has 0 saturated carbocycles. The lowest BCUT2D eigenvalue weighted by molar-refractivity contribution is -0.111. The Labute approximate surface area is 199 Å². The van der Waals surface area contributed by atoms with Gasteiger partial charge in [-0.2, -0.15) is 9.61 Å². The van der Waals surface area contributed by atoms with Crippen LogP contribution in [0.2, 0.25) is 0 Å². The van der Waals surface area contributed by atoms with E-state index < -0.39 is 0 Å². The molecule has 0 atom stereocenters. The zero-order valence-corrected chi connectivity index (χ0v) is 20.6. The molecule has 2 heterocycles. The molecule has 2 aromatic heterocycles. The zero-order valence-electron chi connectivity index (χ0n) is 16.6. The van der Waals surface area contributed by atoms with Crippen molar-refractivity contribution < 1.29 is 9.53 Å². The van der Waals surface area contributed by atoms with E-state index in [0.29, 0.717) is 11.4 Å². The van der Waals surface area contributed by atoms with E-state index in [2.05, 4.69) is 52.5 Å². The monoisotopic (exact) mass is 561 g/mol. The topological polar surface area (TPSA) is 81.4 Å². The summed E-state index contributed by atoms with van der Waals surface area (Å²) < 4.78 is 8.85. The second-order valence-corrected chi connectivity index (χ2v) is 9.21. The lowest BCUT2D eigenvalue weighted by Gasteiger charge is -2.08. The van der Waals surface area contributed by atoms with Crippen molar-refractivity contribution in [2.75, 3.05) is 12.4 Å². The van der Waals surface area contributed by atoms with E-state index in [4.69, 9.17) is 4.74 Å². The van der Waals surface area contributed by atoms with Gasteiger partial charge in [-0.3, -0.25) is 4.79 Å². The van der Waals surface area contributed by atoms with Crippen molar-refractivity contribution in [3.63, 3.8) is 0 Å². The molecule has 0 saturated heterocycles. The van der Waals surface area contributed by atoms with Crippen LogP contribution >= 0.6 is 43.2 Å². The highest BCUT2D eigenvalue weighted by Gasteiger charge is 2.12. The summed E-state index contributed by atoms with van der Waals surface area (Å²) in [7, 11) is 1.59. The third kappa shape index (κ3) is 4.70. The maximum Gasteiger partial charge on any atom is 0.248 e. The summed E-state index contributed by atoms with van der Waals surface area (Å²) in [6.45, 7) is 2.02. The normalized spacial score (nSPS) is 11.4. The summed E-state index contributed by atoms with van der Waals surface area (Å²) in [6.07, 6.45) is 3.94. The van der Waals surface area contributed by atoms with Crippen LogP contribution in [0.3, 0.4) is 0 Å². The van der Waals surface area contributed by atoms with Crippen molar-refractivity contribution in [1.29, 1.82) is 0 Å². The molecule has 0 bridgehead atoms. The SMILES string of the molecule is CCc1nnc2sc(-c3cccc(NC(=O)/C=C/c4cc(Br)cc(Br)c4OC)c3)nn12. The van der Waals surface area contributed by atoms with Crippen LogP contribution in [0.4, 0.5) is 5.69 Å². The molecule has 1 amide bonds. The van der Waals surface area contributed by atoms with Gasteiger partial charge in [0.25, 0.3) is 0 Å². The minimum Gasteiger partial charge on any atom is -0.495 e. The number of nitrogens with one attached hydrogen (secondary N) is 1. The molecule has 0 radical (unpaired) electrons. The largest absolute Gasteiger partial charge is 0.495 e. The van der Waals surface area contributed by atoms with Crippen molar-refractivity contribution in [3.8, 4) is 16.3 Å². The van der Waals surface area contributed by atoms with Crippen LogP contribution < -0.4 is 10.1 Å². The third-order valence-electron chi connectivity index (χ3n) is 4.40. The van der Waals surface area contributed by atoms with E-state index in [1.54, 1.807) is 17.7 Å². The Morgan fingerprint density at radius 2 is 2.10 bits per heavy atom. The van der Waals surface area contributed by atoms with Crippen molar-refractivity contribution in [2.45, 2.75) is 13.3 Å². The predicted octanol–water partition coefficient (Wildman–Crippen LogP) is 5.60. The Balaban J connectivity index is 1.53. The number of nitrogens with zero attached hydrogens (tertiary/aromatic N) is 4. The Morgan fingerprint density at radius 1 is 1.26 bits per heavy atom. The number of carbonyl (C=O) groups is 1. The first-order valence-electron chi connectivity index (χ1n) is 9.32. The van der Waals surface area contributed by atoms with Gasteiger partial charge < -0.3 is 10.1 Å². The number of amides is 1. The number of carbonyl (C=O) groups excluding carboxylic acids is 1. The molecule has 0 aliphatic carbocycles. The van der Waals surface area contributed by atoms with E-state index in [-0.39, 0.29) is 5.91 Å². The summed E-state index contributed by atoms with van der Waals surface area (Å²) >= 11 is 8.37. The van der Waals surface area contributed by atoms with Crippen LogP contribution in [0, 0.1) is 0 Å². The number of hydrogen-bond donors (Lipinski definition) is 1. The highest BCUT2D eigenvalue weighted by molar-refractivity contribution is 9.11. The van der Waals surface area contributed by atoms with E-state index in [9.17, 15) is 4.79 Å². The van der Waals surface area contributed by atoms with Gasteiger partial charge in [-0.05, 0) is 46.3 Å². The molecule has 0 unspecified atom stereocenters. The number of hydrogen-bond acceptors (Lipinski definition) is 6. The molecular weight excluding hydrogens is 546 g/mol. The summed E-state index contributed by atoms with van der Waals surface area (Å²) in [5, 5.41) is 16.6. The third-order valence-corrected chi connectivity index (χ3v) is 6.40. The molecule has 7 nitrogen and oxygen atoms in total. The maximum absolute atomic E-state index is 12.5. The second-order valence-electron chi connectivity index (χ2n) is 6.48. The number of anilines is 1. The van der Waals surface area contributed by atoms with Gasteiger partial charge in [-0.1, -0.05) is 46.3 Å². The minimum absolute atomic E-state index is 0.248. The second kappa shape index (κ2) is 9.29. The van der Waals surface area contributed by atoms with E-state index in [1.807, 2.05) is 43.3 Å². The first kappa shape index (κ1) is 21.7. The quantitative estimate of drug-likeness (QED) is 0.309. The minimum atomic E-state index is -0.248. The van der Waals surface area contributed by atoms with Crippen molar-refractivity contribution >= 4 is 65.8 Å². The zero-order chi connectivity index (χ0) is 22.0. The van der Waals surface area contributed by atoms with Gasteiger partial charge in [0.1, 0.15) is 10.8 Å². The molecule has 0 aliphatic heterocycles. The van der Waals surface area contributed by atoms with E-state index in [0.717, 1.165) is 42.3 Å². The van der Waals surface area contributed by atoms with Gasteiger partial charge in [0.2, 0.25) is 10.9 Å². The van der Waals surface area contributed by atoms with Crippen LogP contribution in [-0.2, 0) is 11.2 Å². The van der Waals surface area contributed by atoms with Gasteiger partial charge in [0, 0.05) is 33.8 Å². The van der Waals surface area contributed by atoms with Crippen LogP contribution in [0.25, 0.3) is 21.6 Å². The van der Waals surface area contributed by atoms with Gasteiger partial charge in [0.15, 0.2) is 5.82 Å². The average molecular weight is 563 g/mol. The molecular formula is C21H17Br2N5O2S. The molecule has 4 aromatic rings. The Morgan fingerprint density at radius 3 is 2.87 bits per heavy atom. The number of halogens is 2. The maximum atomic E-state index is 12.5. The number of methoxy groups -OCH3 is 1. The number of rotatable bonds is 6. The van der Waals surface area contributed by atoms with Crippen LogP contribution in [0.5, 0.6) is 5.75 Å². The average Bonchev–Trinajstić information content (AvgIpc) is 3.33. The molecule has 0 aliphatic rings. The molecule has 0 spiro atoms. The number of fused-ring (bicyclic) bond motifs is 1. The first-order valence-corrected chi connectivity index (χ1v) is 11.7. The molecule has 2 aromatic carbocycles. The standard InChI is InChI=1S/C21H17Br2N5O2S/c1-3-17-25-26-21-28(17)27-20(31-21)13-5-4-6-15(10-13)24-18(29)8-7-12-9-14(22)11-16(23)19(12)30-2/h4-11H,3H2,1-2H3,(H,24,29)/b8-7+. The fourth-order valence-corrected chi connectivity index (χ4v) is 5.27. The first-order chi connectivity index (χ1) is 15.0. The predicted molar refractivity (Wildman–Crippen MR) is 130 cm³/mol. The van der Waals surface area contributed by atoms with E-state index >= 15 is 0 Å². The number of benzene rings is 2. The van der Waals surface area contributed by atoms with Crippen LogP contribution in [0.1, 0.15) is 18.3 Å². The molecule has 1 N–H and O–H groups in total. The lowest BCUT2D eigenvalue weighted by Crippen LogP contribution is -2.07. The fraction of sp³-hybridized carbons (Fsp3) is 0.143. The lowest BCUT2D eigenvalue weighted by atomic mass is 10.2. The molecule has 0 fully saturated rings. The highest BCUT2D eigenvalue weighted by atomic mass is 79.9. The summed E-state index contributed by atoms with van der Waals surface area (Å²) in [6, 6.07) is 11.3. The molecule has 10 heteroatoms. The van der Waals surface area contributed by atoms with Crippen LogP contribution in [0.15, 0.2) is 51.4 Å². The summed E-state index contributed by atoms with van der Waals surface area (Å²) in [4.78, 5) is 13.2. The van der Waals surface area contributed by atoms with Gasteiger partial charge in [-0.25, -0.2) is 0 Å². The van der Waals surface area contributed by atoms with Gasteiger partial charge >= 0.3 is 0 Å². The number of aromatic nitrogens is 4. The fourth-order valence-electron chi connectivity index (χ4n) is 2.99. The Bertz CT molecular complexity index is 1300. The number of ether oxygens (including phenoxy) is 1. The van der Waals surface area contributed by atoms with Crippen molar-refractivity contribution in [2.24, 2.45) is 0 Å². The van der Waals surface area contributed by atoms with Crippen LogP contribution in [-0.4, -0.2) is 32.8 Å². The van der Waals surface area contributed by atoms with Crippen molar-refractivity contribution in [3.05, 3.63) is 62.8 Å². The highest BCUT2D eigenvalue weighted by Crippen LogP contribution is 2.33. The molecule has 31 heavy (non-hydrogen) atoms. The summed E-state index contributed by atoms with van der Waals surface area (Å²) in [5.74, 6) is 1.23. The number of aryl methyl sites for hydroxylation is 1. The molecule has 4 rings (SSSR count). The molecule has 158 valence electrons. The van der Waals surface area contributed by atoms with Crippen molar-refractivity contribution in [1.82, 2.24) is 19.8 Å². The smallest absolute Gasteiger partial charge is 0.248 e. The Hall–Kier alpha value is -2.56. The summed E-state index contributed by atoms with van der Waals surface area (Å²) in [5.41, 5.74) is 2.35.